The molecular formula is C27H26N6O5S. The van der Waals surface area contributed by atoms with Crippen LogP contribution < -0.4 is 15.4 Å². The second-order valence-corrected chi connectivity index (χ2v) is 10.8. The van der Waals surface area contributed by atoms with Gasteiger partial charge in [-0.25, -0.2) is 14.2 Å². The van der Waals surface area contributed by atoms with Crippen molar-refractivity contribution in [2.45, 2.75) is 26.2 Å². The fourth-order valence-corrected chi connectivity index (χ4v) is 4.36. The number of H-pyrrole nitrogens is 1. The van der Waals surface area contributed by atoms with Crippen LogP contribution in [0.2, 0.25) is 0 Å². The molecule has 0 bridgehead atoms. The molecule has 0 spiro atoms. The van der Waals surface area contributed by atoms with E-state index in [9.17, 15) is 13.2 Å². The summed E-state index contributed by atoms with van der Waals surface area (Å²) in [6, 6.07) is 19.9. The summed E-state index contributed by atoms with van der Waals surface area (Å²) in [5.74, 6) is 0.484. The molecule has 1 amide bonds. The lowest BCUT2D eigenvalue weighted by atomic mass is 10.1. The lowest BCUT2D eigenvalue weighted by Crippen LogP contribution is -2.44. The maximum absolute atomic E-state index is 12.6. The summed E-state index contributed by atoms with van der Waals surface area (Å²) in [5, 5.41) is 14.8. The van der Waals surface area contributed by atoms with Crippen LogP contribution >= 0.6 is 0 Å². The van der Waals surface area contributed by atoms with E-state index in [1.54, 1.807) is 44.3 Å². The molecule has 3 aromatic carbocycles. The minimum Gasteiger partial charge on any atom is -0.454 e. The lowest BCUT2D eigenvalue weighted by Gasteiger charge is -2.19. The largest absolute Gasteiger partial charge is 0.454 e. The molecular weight excluding hydrogens is 520 g/mol. The Balaban J connectivity index is 1.49. The number of carbonyl (C=O) groups is 1. The second kappa shape index (κ2) is 10.7. The molecule has 1 atom stereocenters. The third-order valence-corrected chi connectivity index (χ3v) is 6.07. The normalized spacial score (nSPS) is 12.5. The first-order chi connectivity index (χ1) is 18.6. The third-order valence-electron chi connectivity index (χ3n) is 5.55. The second-order valence-electron chi connectivity index (χ2n) is 9.15. The number of ether oxygens (including phenoxy) is 1. The minimum absolute atomic E-state index is 0.205. The van der Waals surface area contributed by atoms with Gasteiger partial charge < -0.3 is 15.4 Å². The molecule has 0 saturated heterocycles. The van der Waals surface area contributed by atoms with E-state index in [2.05, 4.69) is 20.8 Å². The van der Waals surface area contributed by atoms with Crippen LogP contribution in [0.3, 0.4) is 0 Å². The Bertz CT molecular complexity index is 1770. The average molecular weight is 547 g/mol. The summed E-state index contributed by atoms with van der Waals surface area (Å²) in [6.45, 7) is 3.48. The first kappa shape index (κ1) is 26.1. The van der Waals surface area contributed by atoms with Gasteiger partial charge in [-0.2, -0.15) is 13.5 Å². The van der Waals surface area contributed by atoms with E-state index in [-0.39, 0.29) is 11.8 Å². The van der Waals surface area contributed by atoms with Crippen LogP contribution in [0.25, 0.3) is 33.2 Å². The van der Waals surface area contributed by atoms with Gasteiger partial charge in [0, 0.05) is 28.1 Å². The van der Waals surface area contributed by atoms with Gasteiger partial charge in [-0.05, 0) is 56.3 Å². The molecule has 0 fully saturated rings. The highest BCUT2D eigenvalue weighted by Crippen LogP contribution is 2.30. The SMILES string of the molecule is CC(C)NC(=O)C(Oc1cccc(-c2nc(Nc3ccc4[nH]ncc4c3)c3ccccc3n2)c1)OS(C)(=O)=O. The van der Waals surface area contributed by atoms with Crippen molar-refractivity contribution in [1.82, 2.24) is 25.5 Å². The highest BCUT2D eigenvalue weighted by molar-refractivity contribution is 7.86. The highest BCUT2D eigenvalue weighted by Gasteiger charge is 2.26. The predicted octanol–water partition coefficient (Wildman–Crippen LogP) is 4.12. The number of fused-ring (bicyclic) bond motifs is 2. The minimum atomic E-state index is -3.98. The number of anilines is 2. The number of carbonyl (C=O) groups excluding carboxylic acids is 1. The molecule has 12 heteroatoms. The van der Waals surface area contributed by atoms with Crippen molar-refractivity contribution in [2.75, 3.05) is 11.6 Å². The van der Waals surface area contributed by atoms with Crippen molar-refractivity contribution in [3.63, 3.8) is 0 Å². The van der Waals surface area contributed by atoms with Crippen molar-refractivity contribution < 1.29 is 22.1 Å². The maximum Gasteiger partial charge on any atom is 0.295 e. The Hall–Kier alpha value is -4.55. The summed E-state index contributed by atoms with van der Waals surface area (Å²) in [7, 11) is -3.98. The van der Waals surface area contributed by atoms with E-state index in [0.717, 1.165) is 33.7 Å². The molecule has 0 aliphatic heterocycles. The predicted molar refractivity (Wildman–Crippen MR) is 148 cm³/mol. The molecule has 2 aromatic heterocycles. The van der Waals surface area contributed by atoms with Crippen LogP contribution in [0, 0.1) is 0 Å². The van der Waals surface area contributed by atoms with Crippen molar-refractivity contribution in [3.8, 4) is 17.1 Å². The Morgan fingerprint density at radius 2 is 1.82 bits per heavy atom. The number of benzene rings is 3. The number of hydrogen-bond acceptors (Lipinski definition) is 9. The van der Waals surface area contributed by atoms with E-state index < -0.39 is 22.3 Å². The summed E-state index contributed by atoms with van der Waals surface area (Å²) in [6.07, 6.45) is 0.896. The molecule has 3 N–H and O–H groups in total. The quantitative estimate of drug-likeness (QED) is 0.183. The van der Waals surface area contributed by atoms with Gasteiger partial charge in [0.15, 0.2) is 5.82 Å². The van der Waals surface area contributed by atoms with Gasteiger partial charge in [-0.1, -0.05) is 24.3 Å². The van der Waals surface area contributed by atoms with Gasteiger partial charge in [-0.3, -0.25) is 9.89 Å². The molecule has 39 heavy (non-hydrogen) atoms. The summed E-state index contributed by atoms with van der Waals surface area (Å²) in [5.41, 5.74) is 3.06. The number of aromatic amines is 1. The molecule has 2 heterocycles. The Labute approximate surface area is 224 Å². The van der Waals surface area contributed by atoms with E-state index in [1.165, 1.54) is 0 Å². The standard InChI is InChI=1S/C27H26N6O5S/c1-16(2)29-26(34)27(38-39(3,35)36)37-20-8-6-7-17(14-20)24-31-23-10-5-4-9-21(23)25(32-24)30-19-11-12-22-18(13-19)15-28-33-22/h4-16,27H,1-3H3,(H,28,33)(H,29,34)(H,30,31,32). The number of rotatable bonds is 9. The van der Waals surface area contributed by atoms with Crippen molar-refractivity contribution in [3.05, 3.63) is 72.9 Å². The first-order valence-electron chi connectivity index (χ1n) is 12.1. The molecule has 0 saturated carbocycles. The first-order valence-corrected chi connectivity index (χ1v) is 13.9. The van der Waals surface area contributed by atoms with Crippen molar-refractivity contribution in [2.24, 2.45) is 0 Å². The molecule has 0 aliphatic rings. The van der Waals surface area contributed by atoms with Gasteiger partial charge in [0.2, 0.25) is 0 Å². The smallest absolute Gasteiger partial charge is 0.295 e. The third kappa shape index (κ3) is 6.30. The lowest BCUT2D eigenvalue weighted by molar-refractivity contribution is -0.140. The summed E-state index contributed by atoms with van der Waals surface area (Å²) >= 11 is 0. The van der Waals surface area contributed by atoms with Crippen LogP contribution in [0.5, 0.6) is 5.75 Å². The van der Waals surface area contributed by atoms with Gasteiger partial charge >= 0.3 is 0 Å². The van der Waals surface area contributed by atoms with E-state index in [0.29, 0.717) is 17.2 Å². The van der Waals surface area contributed by atoms with Crippen molar-refractivity contribution >= 4 is 49.3 Å². The molecule has 1 unspecified atom stereocenters. The number of hydrogen-bond donors (Lipinski definition) is 3. The average Bonchev–Trinajstić information content (AvgIpc) is 3.35. The van der Waals surface area contributed by atoms with E-state index in [4.69, 9.17) is 18.9 Å². The highest BCUT2D eigenvalue weighted by atomic mass is 32.2. The fourth-order valence-electron chi connectivity index (χ4n) is 3.92. The topological polar surface area (TPSA) is 148 Å². The number of para-hydroxylation sites is 1. The van der Waals surface area contributed by atoms with Gasteiger partial charge in [-0.15, -0.1) is 0 Å². The Morgan fingerprint density at radius 1 is 1.00 bits per heavy atom. The van der Waals surface area contributed by atoms with Crippen LogP contribution in [0.4, 0.5) is 11.5 Å². The molecule has 5 rings (SSSR count). The number of amides is 1. The molecule has 5 aromatic rings. The summed E-state index contributed by atoms with van der Waals surface area (Å²) in [4.78, 5) is 22.1. The van der Waals surface area contributed by atoms with E-state index >= 15 is 0 Å². The zero-order valence-corrected chi connectivity index (χ0v) is 22.2. The van der Waals surface area contributed by atoms with Gasteiger partial charge in [0.1, 0.15) is 11.6 Å². The van der Waals surface area contributed by atoms with Gasteiger partial charge in [0.25, 0.3) is 22.3 Å². The molecule has 0 radical (unpaired) electrons. The zero-order chi connectivity index (χ0) is 27.6. The molecule has 11 nitrogen and oxygen atoms in total. The summed E-state index contributed by atoms with van der Waals surface area (Å²) < 4.78 is 34.1. The number of aromatic nitrogens is 4. The van der Waals surface area contributed by atoms with Crippen molar-refractivity contribution in [1.29, 1.82) is 0 Å². The van der Waals surface area contributed by atoms with Gasteiger partial charge in [0.05, 0.1) is 23.5 Å². The fraction of sp³-hybridized carbons (Fsp3) is 0.185. The molecule has 200 valence electrons. The van der Waals surface area contributed by atoms with E-state index in [1.807, 2.05) is 42.5 Å². The maximum atomic E-state index is 12.6. The monoisotopic (exact) mass is 546 g/mol. The number of nitrogens with one attached hydrogen (secondary N) is 3. The van der Waals surface area contributed by atoms with Crippen LogP contribution in [0.15, 0.2) is 72.9 Å². The van der Waals surface area contributed by atoms with Crippen LogP contribution in [-0.2, 0) is 19.1 Å². The van der Waals surface area contributed by atoms with Crippen LogP contribution in [0.1, 0.15) is 13.8 Å². The zero-order valence-electron chi connectivity index (χ0n) is 21.4. The molecule has 0 aliphatic carbocycles. The Morgan fingerprint density at radius 3 is 2.62 bits per heavy atom. The Kier molecular flexibility index (Phi) is 7.13. The number of nitrogens with zero attached hydrogens (tertiary/aromatic N) is 3. The van der Waals surface area contributed by atoms with Crippen LogP contribution in [-0.4, -0.2) is 53.1 Å².